The second-order valence-corrected chi connectivity index (χ2v) is 6.20. The van der Waals surface area contributed by atoms with Crippen LogP contribution in [-0.2, 0) is 4.84 Å². The van der Waals surface area contributed by atoms with Gasteiger partial charge in [-0.2, -0.15) is 0 Å². The van der Waals surface area contributed by atoms with Crippen molar-refractivity contribution in [3.8, 4) is 5.75 Å². The molecule has 0 amide bonds. The molecule has 1 fully saturated rings. The Kier molecular flexibility index (Phi) is 4.65. The molecule has 0 heterocycles. The molecule has 0 bridgehead atoms. The number of hydrogen-bond acceptors (Lipinski definition) is 4. The Labute approximate surface area is 142 Å². The average Bonchev–Trinajstić information content (AvgIpc) is 3.41. The number of benzene rings is 2. The van der Waals surface area contributed by atoms with Crippen LogP contribution in [-0.4, -0.2) is 18.8 Å². The van der Waals surface area contributed by atoms with E-state index >= 15 is 0 Å². The molecule has 0 radical (unpaired) electrons. The minimum absolute atomic E-state index is 0.337. The van der Waals surface area contributed by atoms with Gasteiger partial charge in [-0.15, -0.1) is 0 Å². The van der Waals surface area contributed by atoms with E-state index in [1.54, 1.807) is 19.2 Å². The van der Waals surface area contributed by atoms with Crippen LogP contribution in [0.25, 0.3) is 0 Å². The summed E-state index contributed by atoms with van der Waals surface area (Å²) >= 11 is 0. The lowest BCUT2D eigenvalue weighted by molar-refractivity contribution is 0.0514. The summed E-state index contributed by atoms with van der Waals surface area (Å²) in [5, 5.41) is 4.04. The largest absolute Gasteiger partial charge is 0.497 e. The van der Waals surface area contributed by atoms with Gasteiger partial charge in [-0.05, 0) is 56.0 Å². The summed E-state index contributed by atoms with van der Waals surface area (Å²) in [6.07, 6.45) is 1.03. The first-order chi connectivity index (χ1) is 11.6. The number of methoxy groups -OCH3 is 1. The summed E-state index contributed by atoms with van der Waals surface area (Å²) in [6.45, 7) is 3.89. The van der Waals surface area contributed by atoms with Crippen LogP contribution in [0.15, 0.2) is 53.7 Å². The van der Waals surface area contributed by atoms with Crippen LogP contribution in [0, 0.1) is 12.8 Å². The second-order valence-electron chi connectivity index (χ2n) is 6.20. The zero-order valence-electron chi connectivity index (χ0n) is 14.2. The van der Waals surface area contributed by atoms with Gasteiger partial charge in [0.05, 0.1) is 18.4 Å². The minimum Gasteiger partial charge on any atom is -0.497 e. The highest BCUT2D eigenvalue weighted by molar-refractivity contribution is 5.91. The smallest absolute Gasteiger partial charge is 0.365 e. The van der Waals surface area contributed by atoms with E-state index in [4.69, 9.17) is 9.57 Å². The lowest BCUT2D eigenvalue weighted by atomic mass is 10.1. The van der Waals surface area contributed by atoms with Crippen molar-refractivity contribution in [3.63, 3.8) is 0 Å². The van der Waals surface area contributed by atoms with E-state index < -0.39 is 5.97 Å². The maximum Gasteiger partial charge on any atom is 0.365 e. The molecule has 1 saturated carbocycles. The van der Waals surface area contributed by atoms with Crippen LogP contribution in [0.5, 0.6) is 5.75 Å². The monoisotopic (exact) mass is 323 g/mol. The van der Waals surface area contributed by atoms with Gasteiger partial charge in [0.1, 0.15) is 5.75 Å². The molecule has 0 unspecified atom stereocenters. The van der Waals surface area contributed by atoms with Crippen LogP contribution in [0.1, 0.15) is 40.7 Å². The number of carbonyl (C=O) groups excluding carboxylic acids is 1. The van der Waals surface area contributed by atoms with Crippen molar-refractivity contribution in [2.75, 3.05) is 7.11 Å². The van der Waals surface area contributed by atoms with Crippen LogP contribution < -0.4 is 4.74 Å². The molecule has 0 N–H and O–H groups in total. The summed E-state index contributed by atoms with van der Waals surface area (Å²) in [5.41, 5.74) is 3.74. The first kappa shape index (κ1) is 16.2. The number of nitrogens with zero attached hydrogens (tertiary/aromatic N) is 1. The molecule has 0 saturated heterocycles. The number of rotatable bonds is 5. The van der Waals surface area contributed by atoms with Crippen LogP contribution >= 0.6 is 0 Å². The van der Waals surface area contributed by atoms with E-state index in [9.17, 15) is 4.79 Å². The molecule has 0 aliphatic heterocycles. The van der Waals surface area contributed by atoms with Gasteiger partial charge in [-0.25, -0.2) is 4.79 Å². The third-order valence-corrected chi connectivity index (χ3v) is 4.43. The maximum atomic E-state index is 12.0. The van der Waals surface area contributed by atoms with E-state index in [0.29, 0.717) is 17.4 Å². The van der Waals surface area contributed by atoms with Crippen LogP contribution in [0.3, 0.4) is 0 Å². The van der Waals surface area contributed by atoms with E-state index in [2.05, 4.69) is 17.3 Å². The van der Waals surface area contributed by atoms with Gasteiger partial charge < -0.3 is 9.57 Å². The van der Waals surface area contributed by atoms with E-state index in [-0.39, 0.29) is 0 Å². The number of ether oxygens (including phenoxy) is 1. The molecule has 4 nitrogen and oxygen atoms in total. The fraction of sp³-hybridized carbons (Fsp3) is 0.300. The molecular weight excluding hydrogens is 302 g/mol. The third-order valence-electron chi connectivity index (χ3n) is 4.43. The summed E-state index contributed by atoms with van der Waals surface area (Å²) in [6, 6.07) is 15.4. The molecular formula is C20H21NO3. The Balaban J connectivity index is 1.58. The van der Waals surface area contributed by atoms with Gasteiger partial charge in [0.2, 0.25) is 0 Å². The van der Waals surface area contributed by atoms with Crippen molar-refractivity contribution in [1.82, 2.24) is 0 Å². The Morgan fingerprint density at radius 3 is 2.38 bits per heavy atom. The van der Waals surface area contributed by atoms with E-state index in [1.165, 1.54) is 5.56 Å². The molecule has 3 rings (SSSR count). The highest BCUT2D eigenvalue weighted by atomic mass is 16.7. The Morgan fingerprint density at radius 1 is 1.08 bits per heavy atom. The number of hydrogen-bond donors (Lipinski definition) is 0. The molecule has 4 heteroatoms. The summed E-state index contributed by atoms with van der Waals surface area (Å²) in [5.74, 6) is 1.21. The molecule has 2 aromatic carbocycles. The number of oxime groups is 1. The lowest BCUT2D eigenvalue weighted by Gasteiger charge is -2.03. The molecule has 124 valence electrons. The zero-order valence-corrected chi connectivity index (χ0v) is 14.2. The predicted molar refractivity (Wildman–Crippen MR) is 93.5 cm³/mol. The Morgan fingerprint density at radius 2 is 1.75 bits per heavy atom. The first-order valence-electron chi connectivity index (χ1n) is 8.05. The van der Waals surface area contributed by atoms with Gasteiger partial charge in [-0.1, -0.05) is 35.0 Å². The Hall–Kier alpha value is -2.62. The van der Waals surface area contributed by atoms with Gasteiger partial charge in [0.25, 0.3) is 0 Å². The van der Waals surface area contributed by atoms with E-state index in [1.807, 2.05) is 38.1 Å². The standard InChI is InChI=1S/C20H21NO3/c1-13-4-6-16(7-5-13)20(22)24-21-14(2)18-12-19(18)15-8-10-17(23-3)11-9-15/h4-11,18-19H,12H2,1-3H3/b21-14-/t18-,19+/m1/s1. The SMILES string of the molecule is COc1ccc([C@@H]2C[C@@H]2/C(C)=N\OC(=O)c2ccc(C)cc2)cc1. The third kappa shape index (κ3) is 3.65. The second kappa shape index (κ2) is 6.87. The van der Waals surface area contributed by atoms with Gasteiger partial charge in [0.15, 0.2) is 0 Å². The molecule has 0 spiro atoms. The molecule has 0 aromatic heterocycles. The van der Waals surface area contributed by atoms with Crippen molar-refractivity contribution in [2.45, 2.75) is 26.2 Å². The van der Waals surface area contributed by atoms with Crippen molar-refractivity contribution in [3.05, 3.63) is 65.2 Å². The fourth-order valence-electron chi connectivity index (χ4n) is 2.80. The molecule has 1 aliphatic rings. The molecule has 24 heavy (non-hydrogen) atoms. The number of carbonyl (C=O) groups is 1. The Bertz CT molecular complexity index is 747. The first-order valence-corrected chi connectivity index (χ1v) is 8.05. The normalized spacial score (nSPS) is 19.7. The summed E-state index contributed by atoms with van der Waals surface area (Å²) < 4.78 is 5.18. The lowest BCUT2D eigenvalue weighted by Crippen LogP contribution is -2.04. The van der Waals surface area contributed by atoms with E-state index in [0.717, 1.165) is 23.4 Å². The fourth-order valence-corrected chi connectivity index (χ4v) is 2.80. The van der Waals surface area contributed by atoms with Crippen molar-refractivity contribution in [1.29, 1.82) is 0 Å². The quantitative estimate of drug-likeness (QED) is 0.467. The maximum absolute atomic E-state index is 12.0. The van der Waals surface area contributed by atoms with Crippen molar-refractivity contribution in [2.24, 2.45) is 11.1 Å². The van der Waals surface area contributed by atoms with Crippen molar-refractivity contribution < 1.29 is 14.4 Å². The van der Waals surface area contributed by atoms with Crippen LogP contribution in [0.4, 0.5) is 0 Å². The van der Waals surface area contributed by atoms with Gasteiger partial charge >= 0.3 is 5.97 Å². The molecule has 2 atom stereocenters. The summed E-state index contributed by atoms with van der Waals surface area (Å²) in [4.78, 5) is 17.1. The van der Waals surface area contributed by atoms with Gasteiger partial charge in [-0.3, -0.25) is 0 Å². The average molecular weight is 323 g/mol. The molecule has 2 aromatic rings. The molecule has 1 aliphatic carbocycles. The topological polar surface area (TPSA) is 47.9 Å². The van der Waals surface area contributed by atoms with Crippen LogP contribution in [0.2, 0.25) is 0 Å². The zero-order chi connectivity index (χ0) is 17.1. The number of aryl methyl sites for hydroxylation is 1. The minimum atomic E-state index is -0.420. The predicted octanol–water partition coefficient (Wildman–Crippen LogP) is 4.34. The highest BCUT2D eigenvalue weighted by Gasteiger charge is 2.40. The highest BCUT2D eigenvalue weighted by Crippen LogP contribution is 2.48. The van der Waals surface area contributed by atoms with Crippen molar-refractivity contribution >= 4 is 11.7 Å². The van der Waals surface area contributed by atoms with Gasteiger partial charge in [0, 0.05) is 5.92 Å². The summed E-state index contributed by atoms with van der Waals surface area (Å²) in [7, 11) is 1.66.